The zero-order valence-electron chi connectivity index (χ0n) is 13.8. The Hall–Kier alpha value is -1.67. The van der Waals surface area contributed by atoms with Gasteiger partial charge in [-0.15, -0.1) is 5.10 Å². The number of imidazole rings is 1. The van der Waals surface area contributed by atoms with E-state index in [0.717, 1.165) is 15.8 Å². The summed E-state index contributed by atoms with van der Waals surface area (Å²) in [6.45, 7) is 8.00. The Morgan fingerprint density at radius 3 is 2.74 bits per heavy atom. The van der Waals surface area contributed by atoms with Gasteiger partial charge in [0.15, 0.2) is 0 Å². The highest BCUT2D eigenvalue weighted by molar-refractivity contribution is 7.20. The van der Waals surface area contributed by atoms with Gasteiger partial charge < -0.3 is 15.8 Å². The molecular formula is C15H23N5O2S. The molecule has 1 saturated heterocycles. The molecule has 0 spiro atoms. The van der Waals surface area contributed by atoms with Gasteiger partial charge in [0.1, 0.15) is 0 Å². The molecule has 7 nitrogen and oxygen atoms in total. The van der Waals surface area contributed by atoms with Crippen LogP contribution < -0.4 is 11.1 Å². The lowest BCUT2D eigenvalue weighted by molar-refractivity contribution is -0.132. The molecule has 2 aromatic rings. The third-order valence-corrected chi connectivity index (χ3v) is 5.24. The molecule has 8 heteroatoms. The predicted octanol–water partition coefficient (Wildman–Crippen LogP) is 1.78. The molecule has 3 rings (SSSR count). The summed E-state index contributed by atoms with van der Waals surface area (Å²) in [7, 11) is 0. The number of nitrogens with zero attached hydrogens (tertiary/aromatic N) is 3. The van der Waals surface area contributed by atoms with Crippen molar-refractivity contribution >= 4 is 27.3 Å². The number of nitrogens with two attached hydrogens (primary N) is 1. The highest BCUT2D eigenvalue weighted by atomic mass is 32.1. The van der Waals surface area contributed by atoms with Crippen LogP contribution in [0.25, 0.3) is 4.96 Å². The van der Waals surface area contributed by atoms with Crippen LogP contribution >= 0.6 is 11.3 Å². The molecule has 0 atom stereocenters. The minimum Gasteiger partial charge on any atom is -0.381 e. The SMILES string of the molecule is CC(C)(C)c1cn2nc(NCC3(C(N)=O)CCOCC3)sc2n1. The minimum absolute atomic E-state index is 0.000857. The molecule has 0 radical (unpaired) electrons. The van der Waals surface area contributed by atoms with E-state index in [2.05, 4.69) is 36.2 Å². The number of carbonyl (C=O) groups excluding carboxylic acids is 1. The average Bonchev–Trinajstić information content (AvgIpc) is 3.03. The van der Waals surface area contributed by atoms with Crippen molar-refractivity contribution in [1.29, 1.82) is 0 Å². The van der Waals surface area contributed by atoms with Gasteiger partial charge >= 0.3 is 0 Å². The van der Waals surface area contributed by atoms with Gasteiger partial charge in [-0.05, 0) is 12.8 Å². The van der Waals surface area contributed by atoms with Crippen molar-refractivity contribution in [3.05, 3.63) is 11.9 Å². The number of rotatable bonds is 4. The zero-order chi connectivity index (χ0) is 16.7. The van der Waals surface area contributed by atoms with Crippen LogP contribution in [0.15, 0.2) is 6.20 Å². The summed E-state index contributed by atoms with van der Waals surface area (Å²) in [6, 6.07) is 0. The van der Waals surface area contributed by atoms with Crippen LogP contribution in [0.4, 0.5) is 5.13 Å². The topological polar surface area (TPSA) is 94.5 Å². The number of amides is 1. The predicted molar refractivity (Wildman–Crippen MR) is 89.7 cm³/mol. The van der Waals surface area contributed by atoms with Crippen LogP contribution in [-0.4, -0.2) is 40.3 Å². The van der Waals surface area contributed by atoms with Crippen molar-refractivity contribution in [2.75, 3.05) is 25.1 Å². The lowest BCUT2D eigenvalue weighted by Gasteiger charge is -2.34. The van der Waals surface area contributed by atoms with Crippen LogP contribution in [0.5, 0.6) is 0 Å². The van der Waals surface area contributed by atoms with Crippen molar-refractivity contribution < 1.29 is 9.53 Å². The lowest BCUT2D eigenvalue weighted by atomic mass is 9.79. The maximum atomic E-state index is 11.9. The summed E-state index contributed by atoms with van der Waals surface area (Å²) >= 11 is 1.48. The van der Waals surface area contributed by atoms with E-state index in [9.17, 15) is 4.79 Å². The monoisotopic (exact) mass is 337 g/mol. The lowest BCUT2D eigenvalue weighted by Crippen LogP contribution is -2.46. The molecule has 126 valence electrons. The molecule has 0 aliphatic carbocycles. The molecular weight excluding hydrogens is 314 g/mol. The molecule has 0 bridgehead atoms. The van der Waals surface area contributed by atoms with Crippen LogP contribution in [0.2, 0.25) is 0 Å². The number of nitrogens with one attached hydrogen (secondary N) is 1. The van der Waals surface area contributed by atoms with Gasteiger partial charge in [-0.3, -0.25) is 4.79 Å². The van der Waals surface area contributed by atoms with Gasteiger partial charge in [0.25, 0.3) is 0 Å². The first-order valence-corrected chi connectivity index (χ1v) is 8.60. The highest BCUT2D eigenvalue weighted by Crippen LogP contribution is 2.32. The average molecular weight is 337 g/mol. The maximum absolute atomic E-state index is 11.9. The quantitative estimate of drug-likeness (QED) is 0.887. The summed E-state index contributed by atoms with van der Waals surface area (Å²) in [6.07, 6.45) is 3.24. The summed E-state index contributed by atoms with van der Waals surface area (Å²) in [5, 5.41) is 8.51. The number of anilines is 1. The Kier molecular flexibility index (Phi) is 4.05. The van der Waals surface area contributed by atoms with Gasteiger partial charge in [0, 0.05) is 25.2 Å². The van der Waals surface area contributed by atoms with E-state index in [-0.39, 0.29) is 11.3 Å². The zero-order valence-corrected chi connectivity index (χ0v) is 14.6. The van der Waals surface area contributed by atoms with E-state index in [4.69, 9.17) is 10.5 Å². The van der Waals surface area contributed by atoms with Crippen molar-refractivity contribution in [1.82, 2.24) is 14.6 Å². The number of hydrogen-bond donors (Lipinski definition) is 2. The fourth-order valence-electron chi connectivity index (χ4n) is 2.65. The summed E-state index contributed by atoms with van der Waals surface area (Å²) in [4.78, 5) is 17.3. The Morgan fingerprint density at radius 1 is 1.48 bits per heavy atom. The molecule has 1 fully saturated rings. The molecule has 0 unspecified atom stereocenters. The van der Waals surface area contributed by atoms with E-state index >= 15 is 0 Å². The van der Waals surface area contributed by atoms with Gasteiger partial charge in [-0.2, -0.15) is 0 Å². The van der Waals surface area contributed by atoms with Crippen molar-refractivity contribution in [3.63, 3.8) is 0 Å². The Labute approximate surface area is 139 Å². The van der Waals surface area contributed by atoms with E-state index < -0.39 is 5.41 Å². The Morgan fingerprint density at radius 2 is 2.17 bits per heavy atom. The largest absolute Gasteiger partial charge is 0.381 e. The Balaban J connectivity index is 1.74. The molecule has 23 heavy (non-hydrogen) atoms. The first kappa shape index (κ1) is 16.2. The van der Waals surface area contributed by atoms with Crippen LogP contribution in [0.1, 0.15) is 39.3 Å². The normalized spacial score (nSPS) is 18.2. The summed E-state index contributed by atoms with van der Waals surface area (Å²) < 4.78 is 7.13. The van der Waals surface area contributed by atoms with E-state index in [1.54, 1.807) is 4.52 Å². The number of aromatic nitrogens is 3. The number of carbonyl (C=O) groups is 1. The first-order chi connectivity index (χ1) is 10.8. The van der Waals surface area contributed by atoms with Gasteiger partial charge in [0.2, 0.25) is 16.0 Å². The summed E-state index contributed by atoms with van der Waals surface area (Å²) in [5.41, 5.74) is 6.08. The van der Waals surface area contributed by atoms with Crippen molar-refractivity contribution in [2.24, 2.45) is 11.1 Å². The van der Waals surface area contributed by atoms with Gasteiger partial charge in [-0.1, -0.05) is 32.1 Å². The standard InChI is InChI=1S/C15H23N5O2S/c1-14(2,3)10-8-20-13(18-10)23-12(19-20)17-9-15(11(16)21)4-6-22-7-5-15/h8H,4-7,9H2,1-3H3,(H2,16,21)(H,17,19). The van der Waals surface area contributed by atoms with Crippen molar-refractivity contribution in [2.45, 2.75) is 39.0 Å². The number of fused-ring (bicyclic) bond motifs is 1. The molecule has 1 aliphatic rings. The molecule has 0 saturated carbocycles. The summed E-state index contributed by atoms with van der Waals surface area (Å²) in [5.74, 6) is -0.273. The van der Waals surface area contributed by atoms with E-state index in [1.165, 1.54) is 11.3 Å². The van der Waals surface area contributed by atoms with E-state index in [0.29, 0.717) is 32.6 Å². The molecule has 3 heterocycles. The number of hydrogen-bond acceptors (Lipinski definition) is 6. The minimum atomic E-state index is -0.553. The van der Waals surface area contributed by atoms with Crippen LogP contribution in [0, 0.1) is 5.41 Å². The number of ether oxygens (including phenoxy) is 1. The smallest absolute Gasteiger partial charge is 0.225 e. The second kappa shape index (κ2) is 5.76. The van der Waals surface area contributed by atoms with Crippen molar-refractivity contribution in [3.8, 4) is 0 Å². The Bertz CT molecular complexity index is 678. The first-order valence-electron chi connectivity index (χ1n) is 7.78. The fourth-order valence-corrected chi connectivity index (χ4v) is 3.43. The van der Waals surface area contributed by atoms with Gasteiger partial charge in [-0.25, -0.2) is 9.50 Å². The third kappa shape index (κ3) is 3.18. The number of primary amides is 1. The third-order valence-electron chi connectivity index (χ3n) is 4.36. The van der Waals surface area contributed by atoms with Crippen LogP contribution in [-0.2, 0) is 14.9 Å². The molecule has 2 aromatic heterocycles. The van der Waals surface area contributed by atoms with Gasteiger partial charge in [0.05, 0.1) is 17.3 Å². The highest BCUT2D eigenvalue weighted by Gasteiger charge is 2.38. The molecule has 0 aromatic carbocycles. The second-order valence-corrected chi connectivity index (χ2v) is 8.08. The van der Waals surface area contributed by atoms with E-state index in [1.807, 2.05) is 6.20 Å². The molecule has 1 aliphatic heterocycles. The molecule has 1 amide bonds. The molecule has 3 N–H and O–H groups in total. The maximum Gasteiger partial charge on any atom is 0.225 e. The van der Waals surface area contributed by atoms with Crippen LogP contribution in [0.3, 0.4) is 0 Å². The fraction of sp³-hybridized carbons (Fsp3) is 0.667. The second-order valence-electron chi connectivity index (χ2n) is 7.12.